The Morgan fingerprint density at radius 1 is 1.23 bits per heavy atom. The highest BCUT2D eigenvalue weighted by Crippen LogP contribution is 2.08. The van der Waals surface area contributed by atoms with Gasteiger partial charge >= 0.3 is 0 Å². The summed E-state index contributed by atoms with van der Waals surface area (Å²) in [5, 5.41) is 11.8. The molecule has 0 aliphatic rings. The maximum Gasteiger partial charge on any atom is 0.241 e. The summed E-state index contributed by atoms with van der Waals surface area (Å²) in [6, 6.07) is 13.0. The molecule has 1 heterocycles. The summed E-state index contributed by atoms with van der Waals surface area (Å²) >= 11 is 0. The molecule has 22 heavy (non-hydrogen) atoms. The second kappa shape index (κ2) is 7.79. The van der Waals surface area contributed by atoms with Crippen molar-refractivity contribution in [2.24, 2.45) is 0 Å². The Morgan fingerprint density at radius 2 is 1.91 bits per heavy atom. The van der Waals surface area contributed by atoms with Gasteiger partial charge in [0.05, 0.1) is 18.2 Å². The maximum absolute atomic E-state index is 12.1. The molecule has 5 heteroatoms. The van der Waals surface area contributed by atoms with E-state index in [9.17, 15) is 4.79 Å². The number of benzene rings is 1. The van der Waals surface area contributed by atoms with Crippen molar-refractivity contribution in [2.75, 3.05) is 25.5 Å². The third kappa shape index (κ3) is 4.60. The molecule has 2 aromatic rings. The monoisotopic (exact) mass is 294 g/mol. The number of hydrogen-bond donors (Lipinski definition) is 1. The normalized spacial score (nSPS) is 9.82. The SMILES string of the molecule is CN(CCc1ccncc1)C(=O)CNc1ccc(C#N)cc1. The molecule has 0 atom stereocenters. The average Bonchev–Trinajstić information content (AvgIpc) is 2.58. The van der Waals surface area contributed by atoms with E-state index in [1.54, 1.807) is 48.6 Å². The number of hydrogen-bond acceptors (Lipinski definition) is 4. The summed E-state index contributed by atoms with van der Waals surface area (Å²) < 4.78 is 0. The van der Waals surface area contributed by atoms with E-state index >= 15 is 0 Å². The van der Waals surface area contributed by atoms with Crippen LogP contribution in [0, 0.1) is 11.3 Å². The first kappa shape index (κ1) is 15.5. The standard InChI is InChI=1S/C17H18N4O/c1-21(11-8-14-6-9-19-10-7-14)17(22)13-20-16-4-2-15(12-18)3-5-16/h2-7,9-10,20H,8,11,13H2,1H3. The molecule has 0 bridgehead atoms. The number of carbonyl (C=O) groups is 1. The number of amides is 1. The van der Waals surface area contributed by atoms with Crippen LogP contribution >= 0.6 is 0 Å². The molecule has 0 radical (unpaired) electrons. The maximum atomic E-state index is 12.1. The predicted octanol–water partition coefficient (Wildman–Crippen LogP) is 2.07. The number of carbonyl (C=O) groups excluding carboxylic acids is 1. The lowest BCUT2D eigenvalue weighted by Crippen LogP contribution is -2.33. The van der Waals surface area contributed by atoms with Gasteiger partial charge < -0.3 is 10.2 Å². The first-order valence-electron chi connectivity index (χ1n) is 7.06. The topological polar surface area (TPSA) is 69.0 Å². The van der Waals surface area contributed by atoms with Crippen LogP contribution in [0.25, 0.3) is 0 Å². The molecule has 0 saturated carbocycles. The lowest BCUT2D eigenvalue weighted by atomic mass is 10.2. The molecule has 0 spiro atoms. The molecule has 0 aliphatic carbocycles. The van der Waals surface area contributed by atoms with Crippen molar-refractivity contribution in [3.63, 3.8) is 0 Å². The van der Waals surface area contributed by atoms with Crippen LogP contribution in [0.1, 0.15) is 11.1 Å². The molecule has 2 rings (SSSR count). The zero-order chi connectivity index (χ0) is 15.8. The van der Waals surface area contributed by atoms with E-state index in [1.807, 2.05) is 12.1 Å². The minimum Gasteiger partial charge on any atom is -0.376 e. The number of pyridine rings is 1. The summed E-state index contributed by atoms with van der Waals surface area (Å²) in [7, 11) is 1.80. The van der Waals surface area contributed by atoms with Gasteiger partial charge in [-0.3, -0.25) is 9.78 Å². The lowest BCUT2D eigenvalue weighted by Gasteiger charge is -2.18. The zero-order valence-corrected chi connectivity index (χ0v) is 12.5. The Balaban J connectivity index is 1.77. The summed E-state index contributed by atoms with van der Waals surface area (Å²) in [5.41, 5.74) is 2.59. The van der Waals surface area contributed by atoms with E-state index in [0.29, 0.717) is 12.1 Å². The Hall–Kier alpha value is -2.87. The molecular weight excluding hydrogens is 276 g/mol. The molecule has 1 N–H and O–H groups in total. The van der Waals surface area contributed by atoms with Crippen LogP contribution in [0.15, 0.2) is 48.8 Å². The highest BCUT2D eigenvalue weighted by Gasteiger charge is 2.08. The van der Waals surface area contributed by atoms with Gasteiger partial charge in [0.15, 0.2) is 0 Å². The number of nitrogens with one attached hydrogen (secondary N) is 1. The molecule has 1 aromatic heterocycles. The average molecular weight is 294 g/mol. The van der Waals surface area contributed by atoms with E-state index < -0.39 is 0 Å². The molecule has 1 amide bonds. The van der Waals surface area contributed by atoms with Gasteiger partial charge in [0.25, 0.3) is 0 Å². The molecule has 0 fully saturated rings. The lowest BCUT2D eigenvalue weighted by molar-refractivity contribution is -0.127. The quantitative estimate of drug-likeness (QED) is 0.885. The van der Waals surface area contributed by atoms with Gasteiger partial charge in [0.2, 0.25) is 5.91 Å². The van der Waals surface area contributed by atoms with E-state index in [4.69, 9.17) is 5.26 Å². The van der Waals surface area contributed by atoms with Gasteiger partial charge in [-0.2, -0.15) is 5.26 Å². The number of anilines is 1. The third-order valence-electron chi connectivity index (χ3n) is 3.37. The van der Waals surface area contributed by atoms with Crippen LogP contribution in [0.4, 0.5) is 5.69 Å². The van der Waals surface area contributed by atoms with E-state index in [1.165, 1.54) is 0 Å². The molecule has 0 aliphatic heterocycles. The molecule has 5 nitrogen and oxygen atoms in total. The first-order valence-corrected chi connectivity index (χ1v) is 7.06. The van der Waals surface area contributed by atoms with Crippen LogP contribution in [0.2, 0.25) is 0 Å². The minimum atomic E-state index is 0.0263. The first-order chi connectivity index (χ1) is 10.7. The fraction of sp³-hybridized carbons (Fsp3) is 0.235. The van der Waals surface area contributed by atoms with E-state index in [0.717, 1.165) is 17.7 Å². The second-order valence-corrected chi connectivity index (χ2v) is 4.96. The predicted molar refractivity (Wildman–Crippen MR) is 85.2 cm³/mol. The molecule has 1 aromatic carbocycles. The number of likely N-dealkylation sites (N-methyl/N-ethyl adjacent to an activating group) is 1. The van der Waals surface area contributed by atoms with Gasteiger partial charge in [-0.25, -0.2) is 0 Å². The Morgan fingerprint density at radius 3 is 2.55 bits per heavy atom. The number of nitriles is 1. The highest BCUT2D eigenvalue weighted by molar-refractivity contribution is 5.80. The van der Waals surface area contributed by atoms with Crippen LogP contribution in [-0.4, -0.2) is 35.9 Å². The zero-order valence-electron chi connectivity index (χ0n) is 12.5. The Kier molecular flexibility index (Phi) is 5.50. The van der Waals surface area contributed by atoms with E-state index in [2.05, 4.69) is 16.4 Å². The fourth-order valence-electron chi connectivity index (χ4n) is 1.95. The molecular formula is C17H18N4O. The van der Waals surface area contributed by atoms with Crippen molar-refractivity contribution < 1.29 is 4.79 Å². The third-order valence-corrected chi connectivity index (χ3v) is 3.37. The number of aromatic nitrogens is 1. The second-order valence-electron chi connectivity index (χ2n) is 4.96. The summed E-state index contributed by atoms with van der Waals surface area (Å²) in [6.07, 6.45) is 4.31. The van der Waals surface area contributed by atoms with Crippen molar-refractivity contribution in [3.05, 3.63) is 59.9 Å². The smallest absolute Gasteiger partial charge is 0.241 e. The van der Waals surface area contributed by atoms with Crippen molar-refractivity contribution >= 4 is 11.6 Å². The number of nitrogens with zero attached hydrogens (tertiary/aromatic N) is 3. The summed E-state index contributed by atoms with van der Waals surface area (Å²) in [4.78, 5) is 17.7. The van der Waals surface area contributed by atoms with Crippen LogP contribution < -0.4 is 5.32 Å². The van der Waals surface area contributed by atoms with Crippen molar-refractivity contribution in [2.45, 2.75) is 6.42 Å². The minimum absolute atomic E-state index is 0.0263. The van der Waals surface area contributed by atoms with Gasteiger partial charge in [-0.1, -0.05) is 0 Å². The van der Waals surface area contributed by atoms with Crippen molar-refractivity contribution in [1.82, 2.24) is 9.88 Å². The van der Waals surface area contributed by atoms with Crippen LogP contribution in [0.5, 0.6) is 0 Å². The van der Waals surface area contributed by atoms with Crippen LogP contribution in [-0.2, 0) is 11.2 Å². The highest BCUT2D eigenvalue weighted by atomic mass is 16.2. The number of rotatable bonds is 6. The van der Waals surface area contributed by atoms with Gasteiger partial charge in [-0.05, 0) is 48.4 Å². The summed E-state index contributed by atoms with van der Waals surface area (Å²) in [6.45, 7) is 0.899. The summed E-state index contributed by atoms with van der Waals surface area (Å²) in [5.74, 6) is 0.0263. The fourth-order valence-corrected chi connectivity index (χ4v) is 1.95. The van der Waals surface area contributed by atoms with Crippen molar-refractivity contribution in [1.29, 1.82) is 5.26 Å². The largest absolute Gasteiger partial charge is 0.376 e. The molecule has 112 valence electrons. The van der Waals surface area contributed by atoms with Gasteiger partial charge in [0.1, 0.15) is 0 Å². The van der Waals surface area contributed by atoms with Gasteiger partial charge in [0, 0.05) is 31.7 Å². The van der Waals surface area contributed by atoms with Crippen LogP contribution in [0.3, 0.4) is 0 Å². The molecule has 0 unspecified atom stereocenters. The molecule has 0 saturated heterocycles. The van der Waals surface area contributed by atoms with Crippen molar-refractivity contribution in [3.8, 4) is 6.07 Å². The Labute approximate surface area is 130 Å². The van der Waals surface area contributed by atoms with Gasteiger partial charge in [-0.15, -0.1) is 0 Å². The van der Waals surface area contributed by atoms with E-state index in [-0.39, 0.29) is 12.5 Å². The Bertz CT molecular complexity index is 647.